The van der Waals surface area contributed by atoms with Crippen molar-refractivity contribution in [1.29, 1.82) is 0 Å². The maximum atomic E-state index is 12.6. The molecule has 0 atom stereocenters. The van der Waals surface area contributed by atoms with Gasteiger partial charge in [0.2, 0.25) is 0 Å². The van der Waals surface area contributed by atoms with Crippen molar-refractivity contribution in [2.24, 2.45) is 9.98 Å². The Morgan fingerprint density at radius 2 is 0.821 bits per heavy atom. The van der Waals surface area contributed by atoms with Crippen LogP contribution >= 0.6 is 23.5 Å². The fourth-order valence-electron chi connectivity index (χ4n) is 4.52. The maximum Gasteiger partial charge on any atom is 2.00 e. The minimum atomic E-state index is -0.149. The first kappa shape index (κ1) is 33.8. The van der Waals surface area contributed by atoms with E-state index < -0.39 is 0 Å². The van der Waals surface area contributed by atoms with Crippen molar-refractivity contribution in [2.45, 2.75) is 115 Å². The van der Waals surface area contributed by atoms with Gasteiger partial charge in [0.15, 0.2) is 0 Å². The molecule has 0 spiro atoms. The molecule has 2 aromatic carbocycles. The van der Waals surface area contributed by atoms with Gasteiger partial charge in [-0.1, -0.05) is 107 Å². The van der Waals surface area contributed by atoms with Crippen LogP contribution in [0.25, 0.3) is 0 Å². The van der Waals surface area contributed by atoms with Gasteiger partial charge in [0.25, 0.3) is 0 Å². The molecule has 39 heavy (non-hydrogen) atoms. The zero-order valence-electron chi connectivity index (χ0n) is 25.6. The van der Waals surface area contributed by atoms with Crippen LogP contribution in [0.15, 0.2) is 31.9 Å². The van der Waals surface area contributed by atoms with Crippen LogP contribution < -0.4 is 10.2 Å². The van der Waals surface area contributed by atoms with Gasteiger partial charge in [-0.05, 0) is 43.9 Å². The molecule has 4 nitrogen and oxygen atoms in total. The summed E-state index contributed by atoms with van der Waals surface area (Å²) in [4.78, 5) is 10.9. The molecule has 0 unspecified atom stereocenters. The Balaban J connectivity index is 0.000000267. The number of rotatable bonds is 0. The summed E-state index contributed by atoms with van der Waals surface area (Å²) in [5.41, 5.74) is 5.28. The SMILES string of the molecule is CC(C)(C)c1cc(C(C)(C)C)c2c(c1[O-])N=CCS2.CC(C)(C)c1cc(C(C)(C)C)c2c(c1[O-])N=CCS2.[Cu+2]. The van der Waals surface area contributed by atoms with Crippen molar-refractivity contribution in [1.82, 2.24) is 0 Å². The Bertz CT molecular complexity index is 1170. The second-order valence-electron chi connectivity index (χ2n) is 14.2. The number of benzene rings is 2. The Morgan fingerprint density at radius 3 is 1.08 bits per heavy atom. The van der Waals surface area contributed by atoms with Crippen LogP contribution in [-0.2, 0) is 38.7 Å². The summed E-state index contributed by atoms with van der Waals surface area (Å²) < 4.78 is 0. The van der Waals surface area contributed by atoms with Gasteiger partial charge >= 0.3 is 17.1 Å². The minimum absolute atomic E-state index is 0. The molecule has 0 aromatic heterocycles. The largest absolute Gasteiger partial charge is 2.00 e. The molecule has 2 heterocycles. The summed E-state index contributed by atoms with van der Waals surface area (Å²) in [5.74, 6) is 1.90. The molecule has 0 amide bonds. The second-order valence-corrected chi connectivity index (χ2v) is 16.3. The van der Waals surface area contributed by atoms with E-state index in [2.05, 4.69) is 105 Å². The zero-order chi connectivity index (χ0) is 28.8. The van der Waals surface area contributed by atoms with E-state index in [1.807, 2.05) is 12.4 Å². The molecule has 2 aliphatic rings. The average molecular weight is 616 g/mol. The summed E-state index contributed by atoms with van der Waals surface area (Å²) >= 11 is 3.45. The van der Waals surface area contributed by atoms with Crippen molar-refractivity contribution < 1.29 is 27.3 Å². The van der Waals surface area contributed by atoms with E-state index in [9.17, 15) is 10.2 Å². The van der Waals surface area contributed by atoms with Gasteiger partial charge in [-0.15, -0.1) is 23.5 Å². The molecule has 0 fully saturated rings. The summed E-state index contributed by atoms with van der Waals surface area (Å²) in [7, 11) is 0. The first-order valence-electron chi connectivity index (χ1n) is 13.3. The molecule has 0 saturated heterocycles. The van der Waals surface area contributed by atoms with Crippen LogP contribution in [-0.4, -0.2) is 23.9 Å². The number of hydrogen-bond acceptors (Lipinski definition) is 6. The number of hydrogen-bond donors (Lipinski definition) is 0. The standard InChI is InChI=1S/2C16H23NOS.Cu/c2*1-15(2,3)10-9-11(16(4,5)6)14-12(13(10)18)17-7-8-19-14;/h2*7,9,18H,8H2,1-6H3;/q;;+2/p-2. The summed E-state index contributed by atoms with van der Waals surface area (Å²) in [5, 5.41) is 25.2. The van der Waals surface area contributed by atoms with Crippen molar-refractivity contribution in [2.75, 3.05) is 11.5 Å². The van der Waals surface area contributed by atoms with E-state index in [0.29, 0.717) is 11.4 Å². The van der Waals surface area contributed by atoms with Gasteiger partial charge in [0.05, 0.1) is 11.4 Å². The number of aliphatic imine (C=N–C) groups is 2. The summed E-state index contributed by atoms with van der Waals surface area (Å²) in [6, 6.07) is 4.21. The number of nitrogens with zero attached hydrogens (tertiary/aromatic N) is 2. The quantitative estimate of drug-likeness (QED) is 0.279. The van der Waals surface area contributed by atoms with Crippen molar-refractivity contribution in [3.63, 3.8) is 0 Å². The Hall–Kier alpha value is -1.40. The third-order valence-electron chi connectivity index (χ3n) is 6.69. The van der Waals surface area contributed by atoms with Gasteiger partial charge in [0, 0.05) is 33.7 Å². The molecular formula is C32H44CuN2O2S2. The number of thioether (sulfide) groups is 2. The predicted octanol–water partition coefficient (Wildman–Crippen LogP) is 8.32. The molecule has 0 aliphatic carbocycles. The molecule has 2 aliphatic heterocycles. The van der Waals surface area contributed by atoms with Crippen molar-refractivity contribution in [3.8, 4) is 11.5 Å². The molecule has 217 valence electrons. The zero-order valence-corrected chi connectivity index (χ0v) is 28.1. The molecule has 4 rings (SSSR count). The monoisotopic (exact) mass is 615 g/mol. The van der Waals surface area contributed by atoms with Gasteiger partial charge in [0.1, 0.15) is 0 Å². The fourth-order valence-corrected chi connectivity index (χ4v) is 6.76. The van der Waals surface area contributed by atoms with E-state index in [0.717, 1.165) is 32.4 Å². The van der Waals surface area contributed by atoms with Crippen LogP contribution in [0.5, 0.6) is 11.5 Å². The van der Waals surface area contributed by atoms with Crippen LogP contribution in [0.3, 0.4) is 0 Å². The van der Waals surface area contributed by atoms with E-state index in [1.54, 1.807) is 23.5 Å². The third-order valence-corrected chi connectivity index (χ3v) is 8.73. The Morgan fingerprint density at radius 1 is 0.538 bits per heavy atom. The van der Waals surface area contributed by atoms with E-state index in [-0.39, 0.29) is 50.2 Å². The Kier molecular flexibility index (Phi) is 10.3. The van der Waals surface area contributed by atoms with Crippen LogP contribution in [0.1, 0.15) is 105 Å². The first-order chi connectivity index (χ1) is 17.2. The summed E-state index contributed by atoms with van der Waals surface area (Å²) in [6.45, 7) is 25.7. The normalized spacial score (nSPS) is 15.1. The first-order valence-corrected chi connectivity index (χ1v) is 15.3. The molecule has 0 bridgehead atoms. The van der Waals surface area contributed by atoms with E-state index in [1.165, 1.54) is 11.1 Å². The van der Waals surface area contributed by atoms with Crippen LogP contribution in [0.4, 0.5) is 11.4 Å². The number of fused-ring (bicyclic) bond motifs is 2. The van der Waals surface area contributed by atoms with E-state index >= 15 is 0 Å². The van der Waals surface area contributed by atoms with Crippen LogP contribution in [0, 0.1) is 0 Å². The fraction of sp³-hybridized carbons (Fsp3) is 0.562. The molecule has 0 N–H and O–H groups in total. The predicted molar refractivity (Wildman–Crippen MR) is 164 cm³/mol. The summed E-state index contributed by atoms with van der Waals surface area (Å²) in [6.07, 6.45) is 3.68. The third kappa shape index (κ3) is 7.47. The average Bonchev–Trinajstić information content (AvgIpc) is 2.77. The van der Waals surface area contributed by atoms with Gasteiger partial charge in [-0.2, -0.15) is 0 Å². The molecular weight excluding hydrogens is 572 g/mol. The van der Waals surface area contributed by atoms with E-state index in [4.69, 9.17) is 0 Å². The second kappa shape index (κ2) is 11.8. The molecule has 2 aromatic rings. The topological polar surface area (TPSA) is 70.8 Å². The molecule has 7 heteroatoms. The molecule has 0 saturated carbocycles. The van der Waals surface area contributed by atoms with Gasteiger partial charge < -0.3 is 10.2 Å². The smallest absolute Gasteiger partial charge is 0.871 e. The maximum absolute atomic E-state index is 12.6. The van der Waals surface area contributed by atoms with Crippen molar-refractivity contribution >= 4 is 47.3 Å². The minimum Gasteiger partial charge on any atom is -0.871 e. The Labute approximate surface area is 255 Å². The van der Waals surface area contributed by atoms with Gasteiger partial charge in [-0.3, -0.25) is 9.98 Å². The molecule has 1 radical (unpaired) electrons. The van der Waals surface area contributed by atoms with Gasteiger partial charge in [-0.25, -0.2) is 0 Å². The van der Waals surface area contributed by atoms with Crippen LogP contribution in [0.2, 0.25) is 0 Å². The van der Waals surface area contributed by atoms with Crippen molar-refractivity contribution in [3.05, 3.63) is 34.4 Å².